The zero-order valence-corrected chi connectivity index (χ0v) is 12.6. The van der Waals surface area contributed by atoms with Gasteiger partial charge in [0.15, 0.2) is 0 Å². The third-order valence-electron chi connectivity index (χ3n) is 3.47. The molecule has 0 radical (unpaired) electrons. The zero-order valence-electron chi connectivity index (χ0n) is 11.8. The summed E-state index contributed by atoms with van der Waals surface area (Å²) in [4.78, 5) is 5.16. The van der Waals surface area contributed by atoms with E-state index in [-0.39, 0.29) is 5.82 Å². The van der Waals surface area contributed by atoms with Crippen molar-refractivity contribution in [3.63, 3.8) is 0 Å². The molecule has 0 aliphatic rings. The molecule has 1 N–H and O–H groups in total. The van der Waals surface area contributed by atoms with Crippen molar-refractivity contribution in [3.8, 4) is 0 Å². The minimum atomic E-state index is -0.608. The molecule has 0 bridgehead atoms. The first kappa shape index (κ1) is 14.2. The number of hydrogen-bond donors (Lipinski definition) is 1. The Morgan fingerprint density at radius 3 is 3.05 bits per heavy atom. The Kier molecular flexibility index (Phi) is 4.03. The molecule has 3 nitrogen and oxygen atoms in total. The molecule has 0 amide bonds. The zero-order chi connectivity index (χ0) is 14.8. The Morgan fingerprint density at radius 2 is 2.24 bits per heavy atom. The van der Waals surface area contributed by atoms with Gasteiger partial charge in [-0.2, -0.15) is 0 Å². The minimum absolute atomic E-state index is 0.250. The summed E-state index contributed by atoms with van der Waals surface area (Å²) < 4.78 is 16.3. The van der Waals surface area contributed by atoms with E-state index in [4.69, 9.17) is 0 Å². The first-order valence-electron chi connectivity index (χ1n) is 7.04. The Morgan fingerprint density at radius 1 is 1.38 bits per heavy atom. The van der Waals surface area contributed by atoms with Crippen molar-refractivity contribution in [2.75, 3.05) is 0 Å². The highest BCUT2D eigenvalue weighted by Crippen LogP contribution is 2.31. The van der Waals surface area contributed by atoms with Gasteiger partial charge in [0.2, 0.25) is 0 Å². The molecule has 1 unspecified atom stereocenters. The highest BCUT2D eigenvalue weighted by atomic mass is 32.1. The van der Waals surface area contributed by atoms with Gasteiger partial charge in [0.1, 0.15) is 11.6 Å². The molecule has 0 aliphatic heterocycles. The Labute approximate surface area is 126 Å². The van der Waals surface area contributed by atoms with Crippen molar-refractivity contribution >= 4 is 21.4 Å². The van der Waals surface area contributed by atoms with E-state index in [2.05, 4.69) is 16.5 Å². The Balaban J connectivity index is 1.83. The average Bonchev–Trinajstić information content (AvgIpc) is 3.06. The number of imidazole rings is 1. The van der Waals surface area contributed by atoms with Crippen molar-refractivity contribution in [3.05, 3.63) is 53.2 Å². The lowest BCUT2D eigenvalue weighted by atomic mass is 10.2. The topological polar surface area (TPSA) is 38.0 Å². The summed E-state index contributed by atoms with van der Waals surface area (Å²) in [5.41, 5.74) is 0. The third kappa shape index (κ3) is 2.99. The molecule has 21 heavy (non-hydrogen) atoms. The van der Waals surface area contributed by atoms with Crippen molar-refractivity contribution < 1.29 is 9.50 Å². The maximum absolute atomic E-state index is 13.2. The van der Waals surface area contributed by atoms with Crippen LogP contribution < -0.4 is 0 Å². The average molecular weight is 304 g/mol. The molecule has 1 atom stereocenters. The molecule has 3 aromatic rings. The third-order valence-corrected chi connectivity index (χ3v) is 4.69. The van der Waals surface area contributed by atoms with Crippen LogP contribution in [0.15, 0.2) is 36.7 Å². The van der Waals surface area contributed by atoms with Crippen LogP contribution in [0.1, 0.15) is 30.2 Å². The van der Waals surface area contributed by atoms with Crippen LogP contribution in [0.25, 0.3) is 10.1 Å². The lowest BCUT2D eigenvalue weighted by Gasteiger charge is -2.10. The van der Waals surface area contributed by atoms with Gasteiger partial charge < -0.3 is 9.67 Å². The highest BCUT2D eigenvalue weighted by molar-refractivity contribution is 7.19. The summed E-state index contributed by atoms with van der Waals surface area (Å²) in [5.74, 6) is 0.632. The quantitative estimate of drug-likeness (QED) is 0.775. The van der Waals surface area contributed by atoms with Crippen molar-refractivity contribution in [1.82, 2.24) is 9.55 Å². The number of halogens is 1. The van der Waals surface area contributed by atoms with Crippen LogP contribution in [0, 0.1) is 5.82 Å². The summed E-state index contributed by atoms with van der Waals surface area (Å²) in [6.45, 7) is 3.01. The fraction of sp³-hybridized carbons (Fsp3) is 0.312. The largest absolute Gasteiger partial charge is 0.387 e. The van der Waals surface area contributed by atoms with Crippen molar-refractivity contribution in [1.29, 1.82) is 0 Å². The first-order chi connectivity index (χ1) is 10.2. The van der Waals surface area contributed by atoms with Crippen LogP contribution in [0.3, 0.4) is 0 Å². The van der Waals surface area contributed by atoms with Gasteiger partial charge in [0.25, 0.3) is 0 Å². The molecule has 2 heterocycles. The molecule has 0 aliphatic carbocycles. The number of nitrogens with zero attached hydrogens (tertiary/aromatic N) is 2. The number of thiophene rings is 1. The molecule has 5 heteroatoms. The minimum Gasteiger partial charge on any atom is -0.387 e. The van der Waals surface area contributed by atoms with Gasteiger partial charge in [-0.1, -0.05) is 6.92 Å². The summed E-state index contributed by atoms with van der Waals surface area (Å²) >= 11 is 1.50. The van der Waals surface area contributed by atoms with Crippen molar-refractivity contribution in [2.45, 2.75) is 32.4 Å². The molecule has 110 valence electrons. The van der Waals surface area contributed by atoms with E-state index in [0.717, 1.165) is 33.8 Å². The number of fused-ring (bicyclic) bond motifs is 1. The Bertz CT molecular complexity index is 750. The monoisotopic (exact) mass is 304 g/mol. The normalized spacial score (nSPS) is 12.9. The van der Waals surface area contributed by atoms with Crippen LogP contribution in [-0.2, 0) is 13.0 Å². The van der Waals surface area contributed by atoms with Gasteiger partial charge in [-0.25, -0.2) is 9.37 Å². The fourth-order valence-corrected chi connectivity index (χ4v) is 3.48. The maximum Gasteiger partial charge on any atom is 0.123 e. The summed E-state index contributed by atoms with van der Waals surface area (Å²) in [5, 5.41) is 11.3. The highest BCUT2D eigenvalue weighted by Gasteiger charge is 2.15. The number of rotatable bonds is 5. The van der Waals surface area contributed by atoms with Crippen LogP contribution >= 0.6 is 11.3 Å². The van der Waals surface area contributed by atoms with Gasteiger partial charge in [-0.3, -0.25) is 0 Å². The fourth-order valence-electron chi connectivity index (χ4n) is 2.45. The molecule has 1 aromatic carbocycles. The van der Waals surface area contributed by atoms with Gasteiger partial charge in [0, 0.05) is 34.9 Å². The van der Waals surface area contributed by atoms with Crippen molar-refractivity contribution in [2.24, 2.45) is 0 Å². The molecule has 0 saturated carbocycles. The van der Waals surface area contributed by atoms with Crippen LogP contribution in [0.5, 0.6) is 0 Å². The van der Waals surface area contributed by atoms with E-state index in [1.165, 1.54) is 23.5 Å². The second kappa shape index (κ2) is 5.95. The van der Waals surface area contributed by atoms with E-state index < -0.39 is 6.10 Å². The molecule has 0 saturated heterocycles. The van der Waals surface area contributed by atoms with E-state index in [1.54, 1.807) is 12.3 Å². The molecule has 0 fully saturated rings. The Hall–Kier alpha value is -1.72. The summed E-state index contributed by atoms with van der Waals surface area (Å²) in [7, 11) is 0. The van der Waals surface area contributed by atoms with E-state index >= 15 is 0 Å². The predicted molar refractivity (Wildman–Crippen MR) is 83.0 cm³/mol. The van der Waals surface area contributed by atoms with E-state index in [9.17, 15) is 9.50 Å². The van der Waals surface area contributed by atoms with E-state index in [0.29, 0.717) is 6.42 Å². The van der Waals surface area contributed by atoms with Gasteiger partial charge >= 0.3 is 0 Å². The second-order valence-corrected chi connectivity index (χ2v) is 6.20. The SMILES string of the molecule is CCCn1ccnc1CC(O)c1cc2cc(F)ccc2s1. The number of aromatic nitrogens is 2. The molecule has 0 spiro atoms. The summed E-state index contributed by atoms with van der Waals surface area (Å²) in [6, 6.07) is 6.56. The number of benzene rings is 1. The van der Waals surface area contributed by atoms with Crippen LogP contribution in [0.4, 0.5) is 4.39 Å². The smallest absolute Gasteiger partial charge is 0.123 e. The molecular formula is C16H17FN2OS. The van der Waals surface area contributed by atoms with Gasteiger partial charge in [0.05, 0.1) is 6.10 Å². The maximum atomic E-state index is 13.2. The lowest BCUT2D eigenvalue weighted by Crippen LogP contribution is -2.08. The van der Waals surface area contributed by atoms with E-state index in [1.807, 2.05) is 12.3 Å². The second-order valence-electron chi connectivity index (χ2n) is 5.09. The number of aryl methyl sites for hydroxylation is 1. The molecular weight excluding hydrogens is 287 g/mol. The standard InChI is InChI=1S/C16H17FN2OS/c1-2-6-19-7-5-18-16(19)10-13(20)15-9-11-8-12(17)3-4-14(11)21-15/h3-5,7-9,13,20H,2,6,10H2,1H3. The van der Waals surface area contributed by atoms with Crippen LogP contribution in [0.2, 0.25) is 0 Å². The van der Waals surface area contributed by atoms with Gasteiger partial charge in [-0.05, 0) is 36.1 Å². The van der Waals surface area contributed by atoms with Gasteiger partial charge in [-0.15, -0.1) is 11.3 Å². The number of aliphatic hydroxyl groups is 1. The molecule has 2 aromatic heterocycles. The summed E-state index contributed by atoms with van der Waals surface area (Å²) in [6.07, 6.45) is 4.59. The lowest BCUT2D eigenvalue weighted by molar-refractivity contribution is 0.178. The number of hydrogen-bond acceptors (Lipinski definition) is 3. The molecule has 3 rings (SSSR count). The first-order valence-corrected chi connectivity index (χ1v) is 7.86. The predicted octanol–water partition coefficient (Wildman–Crippen LogP) is 3.92. The number of aliphatic hydroxyl groups excluding tert-OH is 1. The van der Waals surface area contributed by atoms with Crippen LogP contribution in [-0.4, -0.2) is 14.7 Å².